The third kappa shape index (κ3) is 4.40. The van der Waals surface area contributed by atoms with Crippen LogP contribution in [0.3, 0.4) is 0 Å². The molecule has 0 aromatic carbocycles. The first-order valence-electron chi connectivity index (χ1n) is 5.42. The second kappa shape index (κ2) is 5.48. The molecule has 2 N–H and O–H groups in total. The summed E-state index contributed by atoms with van der Waals surface area (Å²) in [6.45, 7) is 5.11. The van der Waals surface area contributed by atoms with Gasteiger partial charge in [0.15, 0.2) is 6.04 Å². The summed E-state index contributed by atoms with van der Waals surface area (Å²) in [5.41, 5.74) is -0.242. The molecule has 1 heterocycles. The minimum atomic E-state index is -1.16. The summed E-state index contributed by atoms with van der Waals surface area (Å²) in [5.74, 6) is -1.16. The van der Waals surface area contributed by atoms with E-state index in [2.05, 4.69) is 10.3 Å². The van der Waals surface area contributed by atoms with Crippen LogP contribution in [0.5, 0.6) is 0 Å². The Kier molecular flexibility index (Phi) is 4.25. The molecule has 0 saturated carbocycles. The minimum absolute atomic E-state index is 0.434. The van der Waals surface area contributed by atoms with Gasteiger partial charge in [-0.15, -0.1) is 0 Å². The highest BCUT2D eigenvalue weighted by molar-refractivity contribution is 5.81. The number of rotatable bonds is 3. The van der Waals surface area contributed by atoms with Gasteiger partial charge in [0.05, 0.1) is 0 Å². The van der Waals surface area contributed by atoms with Crippen molar-refractivity contribution >= 4 is 12.1 Å². The predicted octanol–water partition coefficient (Wildman–Crippen LogP) is 1.73. The van der Waals surface area contributed by atoms with Gasteiger partial charge in [-0.25, -0.2) is 9.59 Å². The van der Waals surface area contributed by atoms with Gasteiger partial charge in [-0.2, -0.15) is 0 Å². The van der Waals surface area contributed by atoms with E-state index in [4.69, 9.17) is 9.84 Å². The van der Waals surface area contributed by atoms with Gasteiger partial charge in [0.2, 0.25) is 0 Å². The molecule has 0 spiro atoms. The zero-order valence-electron chi connectivity index (χ0n) is 10.5. The zero-order valence-corrected chi connectivity index (χ0v) is 10.5. The Balaban J connectivity index is 2.77. The van der Waals surface area contributed by atoms with E-state index in [0.717, 1.165) is 0 Å². The molecule has 98 valence electrons. The van der Waals surface area contributed by atoms with Crippen LogP contribution in [-0.4, -0.2) is 27.8 Å². The average Bonchev–Trinajstić information content (AvgIpc) is 2.24. The molecule has 0 fully saturated rings. The third-order valence-corrected chi connectivity index (χ3v) is 1.95. The van der Waals surface area contributed by atoms with E-state index >= 15 is 0 Å². The highest BCUT2D eigenvalue weighted by Crippen LogP contribution is 2.14. The molecule has 1 aromatic rings. The molecule has 0 saturated heterocycles. The number of carbonyl (C=O) groups excluding carboxylic acids is 1. The number of hydrogen-bond donors (Lipinski definition) is 2. The maximum Gasteiger partial charge on any atom is 0.408 e. The molecule has 1 amide bonds. The number of carboxylic acid groups (broad SMARTS) is 1. The molecule has 6 heteroatoms. The summed E-state index contributed by atoms with van der Waals surface area (Å²) in [5, 5.41) is 11.4. The van der Waals surface area contributed by atoms with Gasteiger partial charge in [-0.1, -0.05) is 0 Å². The Labute approximate surface area is 105 Å². The SMILES string of the molecule is CC(C)(C)OC(=O)NC(C(=O)O)c1ccncc1. The lowest BCUT2D eigenvalue weighted by Gasteiger charge is -2.22. The molecule has 1 atom stereocenters. The fourth-order valence-corrected chi connectivity index (χ4v) is 1.27. The monoisotopic (exact) mass is 252 g/mol. The van der Waals surface area contributed by atoms with Gasteiger partial charge in [0.1, 0.15) is 5.60 Å². The van der Waals surface area contributed by atoms with Crippen LogP contribution in [0.1, 0.15) is 32.4 Å². The first-order chi connectivity index (χ1) is 8.29. The van der Waals surface area contributed by atoms with Crippen LogP contribution >= 0.6 is 0 Å². The number of alkyl carbamates (subject to hydrolysis) is 1. The van der Waals surface area contributed by atoms with Gasteiger partial charge in [-0.05, 0) is 38.5 Å². The Hall–Kier alpha value is -2.11. The maximum atomic E-state index is 11.5. The Morgan fingerprint density at radius 3 is 2.33 bits per heavy atom. The number of carbonyl (C=O) groups is 2. The molecule has 18 heavy (non-hydrogen) atoms. The molecule has 1 aromatic heterocycles. The largest absolute Gasteiger partial charge is 0.479 e. The van der Waals surface area contributed by atoms with Crippen molar-refractivity contribution < 1.29 is 19.4 Å². The summed E-state index contributed by atoms with van der Waals surface area (Å²) in [6.07, 6.45) is 2.15. The van der Waals surface area contributed by atoms with Crippen molar-refractivity contribution in [3.8, 4) is 0 Å². The number of carboxylic acids is 1. The molecule has 0 aliphatic rings. The number of aromatic nitrogens is 1. The summed E-state index contributed by atoms with van der Waals surface area (Å²) in [7, 11) is 0. The van der Waals surface area contributed by atoms with Gasteiger partial charge in [-0.3, -0.25) is 4.98 Å². The molecule has 0 aliphatic carbocycles. The molecular weight excluding hydrogens is 236 g/mol. The minimum Gasteiger partial charge on any atom is -0.479 e. The van der Waals surface area contributed by atoms with Crippen LogP contribution in [-0.2, 0) is 9.53 Å². The molecule has 0 bridgehead atoms. The van der Waals surface area contributed by atoms with Crippen molar-refractivity contribution in [2.45, 2.75) is 32.4 Å². The van der Waals surface area contributed by atoms with Crippen LogP contribution < -0.4 is 5.32 Å². The highest BCUT2D eigenvalue weighted by Gasteiger charge is 2.25. The predicted molar refractivity (Wildman–Crippen MR) is 64.0 cm³/mol. The smallest absolute Gasteiger partial charge is 0.408 e. The number of nitrogens with one attached hydrogen (secondary N) is 1. The topological polar surface area (TPSA) is 88.5 Å². The number of pyridine rings is 1. The van der Waals surface area contributed by atoms with Crippen molar-refractivity contribution in [1.82, 2.24) is 10.3 Å². The molecule has 0 aliphatic heterocycles. The zero-order chi connectivity index (χ0) is 13.8. The van der Waals surface area contributed by atoms with Gasteiger partial charge in [0, 0.05) is 12.4 Å². The number of ether oxygens (including phenoxy) is 1. The van der Waals surface area contributed by atoms with Crippen molar-refractivity contribution in [2.75, 3.05) is 0 Å². The molecular formula is C12H16N2O4. The van der Waals surface area contributed by atoms with E-state index < -0.39 is 23.7 Å². The van der Waals surface area contributed by atoms with Crippen molar-refractivity contribution in [1.29, 1.82) is 0 Å². The van der Waals surface area contributed by atoms with Crippen LogP contribution in [0.15, 0.2) is 24.5 Å². The van der Waals surface area contributed by atoms with Gasteiger partial charge < -0.3 is 15.2 Å². The van der Waals surface area contributed by atoms with E-state index in [-0.39, 0.29) is 0 Å². The van der Waals surface area contributed by atoms with E-state index in [1.165, 1.54) is 24.5 Å². The number of nitrogens with zero attached hydrogens (tertiary/aromatic N) is 1. The lowest BCUT2D eigenvalue weighted by Crippen LogP contribution is -2.38. The lowest BCUT2D eigenvalue weighted by molar-refractivity contribution is -0.139. The first kappa shape index (κ1) is 14.0. The third-order valence-electron chi connectivity index (χ3n) is 1.95. The quantitative estimate of drug-likeness (QED) is 0.855. The van der Waals surface area contributed by atoms with Crippen LogP contribution in [0, 0.1) is 0 Å². The van der Waals surface area contributed by atoms with E-state index in [1.54, 1.807) is 20.8 Å². The highest BCUT2D eigenvalue weighted by atomic mass is 16.6. The summed E-state index contributed by atoms with van der Waals surface area (Å²) < 4.78 is 5.01. The van der Waals surface area contributed by atoms with E-state index in [1.807, 2.05) is 0 Å². The van der Waals surface area contributed by atoms with Crippen LogP contribution in [0.25, 0.3) is 0 Å². The van der Waals surface area contributed by atoms with Crippen molar-refractivity contribution in [3.05, 3.63) is 30.1 Å². The molecule has 6 nitrogen and oxygen atoms in total. The lowest BCUT2D eigenvalue weighted by atomic mass is 10.1. The first-order valence-corrected chi connectivity index (χ1v) is 5.42. The van der Waals surface area contributed by atoms with Crippen molar-refractivity contribution in [3.63, 3.8) is 0 Å². The van der Waals surface area contributed by atoms with Crippen LogP contribution in [0.4, 0.5) is 4.79 Å². The standard InChI is InChI=1S/C12H16N2O4/c1-12(2,3)18-11(17)14-9(10(15)16)8-4-6-13-7-5-8/h4-7,9H,1-3H3,(H,14,17)(H,15,16). The second-order valence-corrected chi connectivity index (χ2v) is 4.70. The van der Waals surface area contributed by atoms with Gasteiger partial charge >= 0.3 is 12.1 Å². The number of aliphatic carboxylic acids is 1. The Morgan fingerprint density at radius 1 is 1.33 bits per heavy atom. The fraction of sp³-hybridized carbons (Fsp3) is 0.417. The Morgan fingerprint density at radius 2 is 1.89 bits per heavy atom. The number of hydrogen-bond acceptors (Lipinski definition) is 4. The average molecular weight is 252 g/mol. The van der Waals surface area contributed by atoms with Crippen LogP contribution in [0.2, 0.25) is 0 Å². The van der Waals surface area contributed by atoms with E-state index in [0.29, 0.717) is 5.56 Å². The normalized spacial score (nSPS) is 12.6. The summed E-state index contributed by atoms with van der Waals surface area (Å²) >= 11 is 0. The summed E-state index contributed by atoms with van der Waals surface area (Å²) in [4.78, 5) is 26.4. The number of amides is 1. The molecule has 1 unspecified atom stereocenters. The Bertz CT molecular complexity index is 425. The maximum absolute atomic E-state index is 11.5. The van der Waals surface area contributed by atoms with Crippen molar-refractivity contribution in [2.24, 2.45) is 0 Å². The molecule has 0 radical (unpaired) electrons. The molecule has 1 rings (SSSR count). The van der Waals surface area contributed by atoms with E-state index in [9.17, 15) is 9.59 Å². The summed E-state index contributed by atoms with van der Waals surface area (Å²) in [6, 6.07) is 1.90. The second-order valence-electron chi connectivity index (χ2n) is 4.70. The van der Waals surface area contributed by atoms with Gasteiger partial charge in [0.25, 0.3) is 0 Å². The fourth-order valence-electron chi connectivity index (χ4n) is 1.27.